The molecule has 0 saturated heterocycles. The van der Waals surface area contributed by atoms with Crippen LogP contribution in [-0.4, -0.2) is 19.1 Å². The van der Waals surface area contributed by atoms with Gasteiger partial charge in [0.05, 0.1) is 5.52 Å². The van der Waals surface area contributed by atoms with E-state index < -0.39 is 0 Å². The number of benzene rings is 2. The third-order valence-electron chi connectivity index (χ3n) is 3.32. The van der Waals surface area contributed by atoms with Gasteiger partial charge in [-0.1, -0.05) is 30.3 Å². The van der Waals surface area contributed by atoms with Crippen molar-refractivity contribution in [3.8, 4) is 11.1 Å². The third-order valence-corrected chi connectivity index (χ3v) is 3.32. The molecule has 3 heteroatoms. The standard InChI is InChI=1S/C17H15FN2/c1-20(2)17-11-15(12-7-9-13(18)10-8-12)14-5-3-4-6-16(14)19-17/h3-11H,1-2H3. The Bertz CT molecular complexity index is 749. The number of aromatic nitrogens is 1. The minimum atomic E-state index is -0.222. The molecule has 1 aromatic heterocycles. The summed E-state index contributed by atoms with van der Waals surface area (Å²) in [5, 5.41) is 1.07. The lowest BCUT2D eigenvalue weighted by atomic mass is 10.0. The normalized spacial score (nSPS) is 10.8. The molecule has 0 atom stereocenters. The number of hydrogen-bond acceptors (Lipinski definition) is 2. The second-order valence-electron chi connectivity index (χ2n) is 4.95. The Labute approximate surface area is 117 Å². The summed E-state index contributed by atoms with van der Waals surface area (Å²) >= 11 is 0. The molecule has 3 aromatic rings. The minimum absolute atomic E-state index is 0.222. The van der Waals surface area contributed by atoms with Crippen LogP contribution >= 0.6 is 0 Å². The molecule has 0 fully saturated rings. The van der Waals surface area contributed by atoms with Gasteiger partial charge in [0.25, 0.3) is 0 Å². The van der Waals surface area contributed by atoms with Crippen molar-refractivity contribution in [2.75, 3.05) is 19.0 Å². The van der Waals surface area contributed by atoms with E-state index in [1.54, 1.807) is 12.1 Å². The minimum Gasteiger partial charge on any atom is -0.363 e. The van der Waals surface area contributed by atoms with E-state index in [2.05, 4.69) is 4.98 Å². The van der Waals surface area contributed by atoms with Gasteiger partial charge < -0.3 is 4.90 Å². The number of anilines is 1. The topological polar surface area (TPSA) is 16.1 Å². The van der Waals surface area contributed by atoms with Crippen LogP contribution < -0.4 is 4.90 Å². The van der Waals surface area contributed by atoms with Gasteiger partial charge in [0.1, 0.15) is 11.6 Å². The highest BCUT2D eigenvalue weighted by molar-refractivity contribution is 5.96. The van der Waals surface area contributed by atoms with Gasteiger partial charge in [0.2, 0.25) is 0 Å². The van der Waals surface area contributed by atoms with Crippen LogP contribution in [0.2, 0.25) is 0 Å². The van der Waals surface area contributed by atoms with Crippen molar-refractivity contribution in [3.05, 3.63) is 60.4 Å². The Morgan fingerprint density at radius 3 is 2.35 bits per heavy atom. The van der Waals surface area contributed by atoms with E-state index in [1.165, 1.54) is 12.1 Å². The van der Waals surface area contributed by atoms with Gasteiger partial charge in [-0.25, -0.2) is 9.37 Å². The van der Waals surface area contributed by atoms with Gasteiger partial charge in [0, 0.05) is 19.5 Å². The number of halogens is 1. The van der Waals surface area contributed by atoms with Crippen LogP contribution in [0, 0.1) is 5.82 Å². The Kier molecular flexibility index (Phi) is 3.11. The molecule has 0 aliphatic heterocycles. The molecule has 0 saturated carbocycles. The van der Waals surface area contributed by atoms with Crippen molar-refractivity contribution in [2.24, 2.45) is 0 Å². The quantitative estimate of drug-likeness (QED) is 0.694. The van der Waals surface area contributed by atoms with Crippen LogP contribution in [0.1, 0.15) is 0 Å². The van der Waals surface area contributed by atoms with Gasteiger partial charge >= 0.3 is 0 Å². The molecule has 2 aromatic carbocycles. The van der Waals surface area contributed by atoms with Crippen LogP contribution in [0.4, 0.5) is 10.2 Å². The van der Waals surface area contributed by atoms with E-state index in [0.717, 1.165) is 27.8 Å². The average molecular weight is 266 g/mol. The number of fused-ring (bicyclic) bond motifs is 1. The van der Waals surface area contributed by atoms with E-state index in [-0.39, 0.29) is 5.82 Å². The zero-order chi connectivity index (χ0) is 14.1. The van der Waals surface area contributed by atoms with Crippen molar-refractivity contribution in [1.82, 2.24) is 4.98 Å². The number of nitrogens with zero attached hydrogens (tertiary/aromatic N) is 2. The van der Waals surface area contributed by atoms with E-state index in [4.69, 9.17) is 0 Å². The van der Waals surface area contributed by atoms with E-state index in [9.17, 15) is 4.39 Å². The summed E-state index contributed by atoms with van der Waals surface area (Å²) in [6.45, 7) is 0. The van der Waals surface area contributed by atoms with E-state index in [0.29, 0.717) is 0 Å². The van der Waals surface area contributed by atoms with Crippen molar-refractivity contribution in [2.45, 2.75) is 0 Å². The summed E-state index contributed by atoms with van der Waals surface area (Å²) in [5.41, 5.74) is 3.01. The first-order valence-electron chi connectivity index (χ1n) is 6.48. The van der Waals surface area contributed by atoms with Gasteiger partial charge in [-0.15, -0.1) is 0 Å². The smallest absolute Gasteiger partial charge is 0.129 e. The van der Waals surface area contributed by atoms with Crippen LogP contribution in [0.5, 0.6) is 0 Å². The van der Waals surface area contributed by atoms with Crippen LogP contribution in [0.25, 0.3) is 22.0 Å². The zero-order valence-corrected chi connectivity index (χ0v) is 11.5. The SMILES string of the molecule is CN(C)c1cc(-c2ccc(F)cc2)c2ccccc2n1. The van der Waals surface area contributed by atoms with Gasteiger partial charge in [-0.3, -0.25) is 0 Å². The zero-order valence-electron chi connectivity index (χ0n) is 11.5. The maximum Gasteiger partial charge on any atom is 0.129 e. The molecule has 0 aliphatic rings. The first-order chi connectivity index (χ1) is 9.65. The van der Waals surface area contributed by atoms with Crippen LogP contribution in [0.15, 0.2) is 54.6 Å². The lowest BCUT2D eigenvalue weighted by molar-refractivity contribution is 0.628. The second kappa shape index (κ2) is 4.93. The summed E-state index contributed by atoms with van der Waals surface area (Å²) in [6.07, 6.45) is 0. The molecule has 0 amide bonds. The molecule has 0 bridgehead atoms. The van der Waals surface area contributed by atoms with Gasteiger partial charge in [0.15, 0.2) is 0 Å². The van der Waals surface area contributed by atoms with E-state index in [1.807, 2.05) is 49.3 Å². The second-order valence-corrected chi connectivity index (χ2v) is 4.95. The summed E-state index contributed by atoms with van der Waals surface area (Å²) < 4.78 is 13.1. The highest BCUT2D eigenvalue weighted by Crippen LogP contribution is 2.30. The molecule has 0 unspecified atom stereocenters. The lowest BCUT2D eigenvalue weighted by Gasteiger charge is -2.15. The molecule has 2 nitrogen and oxygen atoms in total. The molecule has 20 heavy (non-hydrogen) atoms. The molecular formula is C17H15FN2. The first-order valence-corrected chi connectivity index (χ1v) is 6.48. The molecule has 100 valence electrons. The Balaban J connectivity index is 2.29. The van der Waals surface area contributed by atoms with Crippen LogP contribution in [-0.2, 0) is 0 Å². The number of pyridine rings is 1. The average Bonchev–Trinajstić information content (AvgIpc) is 2.47. The van der Waals surface area contributed by atoms with Crippen molar-refractivity contribution in [1.29, 1.82) is 0 Å². The molecular weight excluding hydrogens is 251 g/mol. The third kappa shape index (κ3) is 2.23. The Morgan fingerprint density at radius 2 is 1.65 bits per heavy atom. The summed E-state index contributed by atoms with van der Waals surface area (Å²) in [4.78, 5) is 6.60. The van der Waals surface area contributed by atoms with Gasteiger partial charge in [-0.05, 0) is 35.4 Å². The highest BCUT2D eigenvalue weighted by Gasteiger charge is 2.08. The number of rotatable bonds is 2. The molecule has 0 spiro atoms. The largest absolute Gasteiger partial charge is 0.363 e. The first kappa shape index (κ1) is 12.6. The molecule has 0 aliphatic carbocycles. The number of hydrogen-bond donors (Lipinski definition) is 0. The monoisotopic (exact) mass is 266 g/mol. The number of para-hydroxylation sites is 1. The molecule has 0 radical (unpaired) electrons. The summed E-state index contributed by atoms with van der Waals surface area (Å²) in [7, 11) is 3.93. The highest BCUT2D eigenvalue weighted by atomic mass is 19.1. The Morgan fingerprint density at radius 1 is 0.950 bits per heavy atom. The fourth-order valence-electron chi connectivity index (χ4n) is 2.26. The maximum absolute atomic E-state index is 13.1. The van der Waals surface area contributed by atoms with Crippen molar-refractivity contribution in [3.63, 3.8) is 0 Å². The summed E-state index contributed by atoms with van der Waals surface area (Å²) in [5.74, 6) is 0.669. The molecule has 3 rings (SSSR count). The van der Waals surface area contributed by atoms with E-state index >= 15 is 0 Å². The predicted octanol–water partition coefficient (Wildman–Crippen LogP) is 4.11. The van der Waals surface area contributed by atoms with Crippen molar-refractivity contribution < 1.29 is 4.39 Å². The maximum atomic E-state index is 13.1. The summed E-state index contributed by atoms with van der Waals surface area (Å²) in [6, 6.07) is 16.6. The fraction of sp³-hybridized carbons (Fsp3) is 0.118. The fourth-order valence-corrected chi connectivity index (χ4v) is 2.26. The Hall–Kier alpha value is -2.42. The van der Waals surface area contributed by atoms with Gasteiger partial charge in [-0.2, -0.15) is 0 Å². The predicted molar refractivity (Wildman–Crippen MR) is 81.5 cm³/mol. The molecule has 0 N–H and O–H groups in total. The molecule has 1 heterocycles. The van der Waals surface area contributed by atoms with Crippen molar-refractivity contribution >= 4 is 16.7 Å². The lowest BCUT2D eigenvalue weighted by Crippen LogP contribution is -2.10. The van der Waals surface area contributed by atoms with Crippen LogP contribution in [0.3, 0.4) is 0 Å².